The molecule has 0 radical (unpaired) electrons. The highest BCUT2D eigenvalue weighted by Crippen LogP contribution is 2.14. The van der Waals surface area contributed by atoms with Gasteiger partial charge >= 0.3 is 11.9 Å². The molecule has 0 unspecified atom stereocenters. The topological polar surface area (TPSA) is 95.7 Å². The zero-order chi connectivity index (χ0) is 16.7. The Balaban J connectivity index is 3.28. The highest BCUT2D eigenvalue weighted by molar-refractivity contribution is 6.27. The van der Waals surface area contributed by atoms with Gasteiger partial charge < -0.3 is 15.2 Å². The SMILES string of the molecule is CCOC(=O)C(N)=C(C(=O)OC(C)C)C(=O)c1ccccc1. The molecule has 1 aromatic carbocycles. The van der Waals surface area contributed by atoms with E-state index in [1.807, 2.05) is 0 Å². The number of ether oxygens (including phenoxy) is 2. The third kappa shape index (κ3) is 4.44. The Bertz CT molecular complexity index is 590. The third-order valence-corrected chi connectivity index (χ3v) is 2.57. The van der Waals surface area contributed by atoms with Crippen LogP contribution in [0.4, 0.5) is 0 Å². The molecule has 0 amide bonds. The number of nitrogens with two attached hydrogens (primary N) is 1. The summed E-state index contributed by atoms with van der Waals surface area (Å²) in [7, 11) is 0. The molecule has 6 nitrogen and oxygen atoms in total. The smallest absolute Gasteiger partial charge is 0.355 e. The zero-order valence-electron chi connectivity index (χ0n) is 12.8. The Labute approximate surface area is 128 Å². The van der Waals surface area contributed by atoms with Crippen LogP contribution in [0, 0.1) is 0 Å². The van der Waals surface area contributed by atoms with E-state index in [9.17, 15) is 14.4 Å². The molecule has 0 aliphatic rings. The van der Waals surface area contributed by atoms with E-state index >= 15 is 0 Å². The molecule has 0 atom stereocenters. The van der Waals surface area contributed by atoms with Crippen LogP contribution in [0.1, 0.15) is 31.1 Å². The minimum Gasteiger partial charge on any atom is -0.461 e. The van der Waals surface area contributed by atoms with Crippen LogP contribution in [0.15, 0.2) is 41.6 Å². The number of ketones is 1. The zero-order valence-corrected chi connectivity index (χ0v) is 12.8. The predicted molar refractivity (Wildman–Crippen MR) is 79.8 cm³/mol. The first-order valence-electron chi connectivity index (χ1n) is 6.86. The monoisotopic (exact) mass is 305 g/mol. The maximum atomic E-state index is 12.5. The molecule has 0 fully saturated rings. The molecule has 1 rings (SSSR count). The summed E-state index contributed by atoms with van der Waals surface area (Å²) in [6.45, 7) is 4.92. The summed E-state index contributed by atoms with van der Waals surface area (Å²) in [6.07, 6.45) is -0.457. The molecular formula is C16H19NO5. The highest BCUT2D eigenvalue weighted by atomic mass is 16.5. The molecule has 0 saturated carbocycles. The van der Waals surface area contributed by atoms with Crippen molar-refractivity contribution in [3.05, 3.63) is 47.2 Å². The number of carbonyl (C=O) groups is 3. The molecule has 0 heterocycles. The Morgan fingerprint density at radius 3 is 2.18 bits per heavy atom. The van der Waals surface area contributed by atoms with Gasteiger partial charge in [-0.25, -0.2) is 9.59 Å². The molecule has 0 aliphatic carbocycles. The van der Waals surface area contributed by atoms with Gasteiger partial charge in [0.1, 0.15) is 11.3 Å². The second kappa shape index (κ2) is 7.97. The van der Waals surface area contributed by atoms with Crippen molar-refractivity contribution in [2.24, 2.45) is 5.73 Å². The lowest BCUT2D eigenvalue weighted by Crippen LogP contribution is -2.27. The average molecular weight is 305 g/mol. The van der Waals surface area contributed by atoms with Crippen LogP contribution in [0.3, 0.4) is 0 Å². The first-order chi connectivity index (χ1) is 10.4. The molecule has 6 heteroatoms. The van der Waals surface area contributed by atoms with Gasteiger partial charge in [0.05, 0.1) is 12.7 Å². The summed E-state index contributed by atoms with van der Waals surface area (Å²) in [5, 5.41) is 0. The van der Waals surface area contributed by atoms with Gasteiger partial charge in [-0.3, -0.25) is 4.79 Å². The van der Waals surface area contributed by atoms with E-state index in [-0.39, 0.29) is 12.2 Å². The fourth-order valence-electron chi connectivity index (χ4n) is 1.64. The number of carbonyl (C=O) groups excluding carboxylic acids is 3. The summed E-state index contributed by atoms with van der Waals surface area (Å²) in [5.41, 5.74) is 4.80. The predicted octanol–water partition coefficient (Wildman–Crippen LogP) is 1.60. The van der Waals surface area contributed by atoms with Gasteiger partial charge in [-0.05, 0) is 20.8 Å². The molecule has 0 saturated heterocycles. The average Bonchev–Trinajstić information content (AvgIpc) is 2.47. The van der Waals surface area contributed by atoms with Gasteiger partial charge in [-0.15, -0.1) is 0 Å². The van der Waals surface area contributed by atoms with Crippen LogP contribution in [0.25, 0.3) is 0 Å². The van der Waals surface area contributed by atoms with Crippen LogP contribution in [0.5, 0.6) is 0 Å². The van der Waals surface area contributed by atoms with Gasteiger partial charge in [-0.2, -0.15) is 0 Å². The van der Waals surface area contributed by atoms with Crippen molar-refractivity contribution >= 4 is 17.7 Å². The lowest BCUT2D eigenvalue weighted by atomic mass is 10.0. The molecule has 0 spiro atoms. The number of rotatable bonds is 6. The molecule has 0 bridgehead atoms. The lowest BCUT2D eigenvalue weighted by Gasteiger charge is -2.12. The molecule has 0 aromatic heterocycles. The van der Waals surface area contributed by atoms with Crippen molar-refractivity contribution in [1.29, 1.82) is 0 Å². The van der Waals surface area contributed by atoms with Crippen LogP contribution >= 0.6 is 0 Å². The normalized spacial score (nSPS) is 11.6. The minimum atomic E-state index is -0.950. The lowest BCUT2D eigenvalue weighted by molar-refractivity contribution is -0.144. The Hall–Kier alpha value is -2.63. The molecular weight excluding hydrogens is 286 g/mol. The Morgan fingerprint density at radius 1 is 1.09 bits per heavy atom. The van der Waals surface area contributed by atoms with Gasteiger partial charge in [0.25, 0.3) is 0 Å². The Kier molecular flexibility index (Phi) is 6.31. The molecule has 22 heavy (non-hydrogen) atoms. The molecule has 2 N–H and O–H groups in total. The van der Waals surface area contributed by atoms with Gasteiger partial charge in [0.2, 0.25) is 5.78 Å². The van der Waals surface area contributed by atoms with Gasteiger partial charge in [0.15, 0.2) is 0 Å². The summed E-state index contributed by atoms with van der Waals surface area (Å²) < 4.78 is 9.74. The van der Waals surface area contributed by atoms with E-state index in [0.717, 1.165) is 0 Å². The summed E-state index contributed by atoms with van der Waals surface area (Å²) in [4.78, 5) is 36.3. The fourth-order valence-corrected chi connectivity index (χ4v) is 1.64. The molecule has 1 aromatic rings. The van der Waals surface area contributed by atoms with Crippen LogP contribution in [-0.2, 0) is 19.1 Å². The third-order valence-electron chi connectivity index (χ3n) is 2.57. The van der Waals surface area contributed by atoms with E-state index in [1.54, 1.807) is 39.0 Å². The second-order valence-electron chi connectivity index (χ2n) is 4.66. The number of hydrogen-bond acceptors (Lipinski definition) is 6. The molecule has 0 aliphatic heterocycles. The van der Waals surface area contributed by atoms with Crippen LogP contribution in [0.2, 0.25) is 0 Å². The largest absolute Gasteiger partial charge is 0.461 e. The molecule has 118 valence electrons. The fraction of sp³-hybridized carbons (Fsp3) is 0.312. The standard InChI is InChI=1S/C16H19NO5/c1-4-21-16(20)13(17)12(15(19)22-10(2)3)14(18)11-8-6-5-7-9-11/h5-10H,4,17H2,1-3H3. The van der Waals surface area contributed by atoms with Crippen molar-refractivity contribution in [2.45, 2.75) is 26.9 Å². The van der Waals surface area contributed by atoms with Gasteiger partial charge in [0, 0.05) is 5.56 Å². The van der Waals surface area contributed by atoms with E-state index in [2.05, 4.69) is 0 Å². The van der Waals surface area contributed by atoms with E-state index < -0.39 is 35.1 Å². The maximum absolute atomic E-state index is 12.5. The summed E-state index contributed by atoms with van der Waals surface area (Å²) in [6, 6.07) is 8.03. The van der Waals surface area contributed by atoms with E-state index in [0.29, 0.717) is 0 Å². The summed E-state index contributed by atoms with van der Waals surface area (Å²) >= 11 is 0. The van der Waals surface area contributed by atoms with Crippen molar-refractivity contribution in [3.8, 4) is 0 Å². The number of Topliss-reactive ketones (excluding diaryl/α,β-unsaturated/α-hetero) is 1. The van der Waals surface area contributed by atoms with Crippen LogP contribution in [-0.4, -0.2) is 30.4 Å². The van der Waals surface area contributed by atoms with Gasteiger partial charge in [-0.1, -0.05) is 30.3 Å². The van der Waals surface area contributed by atoms with Crippen molar-refractivity contribution in [2.75, 3.05) is 6.61 Å². The first-order valence-corrected chi connectivity index (χ1v) is 6.86. The van der Waals surface area contributed by atoms with Crippen molar-refractivity contribution < 1.29 is 23.9 Å². The Morgan fingerprint density at radius 2 is 1.68 bits per heavy atom. The minimum absolute atomic E-state index is 0.0750. The van der Waals surface area contributed by atoms with Crippen LogP contribution < -0.4 is 5.73 Å². The number of benzene rings is 1. The number of esters is 2. The summed E-state index contributed by atoms with van der Waals surface area (Å²) in [5.74, 6) is -2.56. The quantitative estimate of drug-likeness (QED) is 0.282. The van der Waals surface area contributed by atoms with Crippen molar-refractivity contribution in [1.82, 2.24) is 0 Å². The van der Waals surface area contributed by atoms with Crippen molar-refractivity contribution in [3.63, 3.8) is 0 Å². The second-order valence-corrected chi connectivity index (χ2v) is 4.66. The maximum Gasteiger partial charge on any atom is 0.355 e. The van der Waals surface area contributed by atoms with E-state index in [4.69, 9.17) is 15.2 Å². The number of hydrogen-bond donors (Lipinski definition) is 1. The highest BCUT2D eigenvalue weighted by Gasteiger charge is 2.29. The first kappa shape index (κ1) is 17.4. The van der Waals surface area contributed by atoms with E-state index in [1.165, 1.54) is 12.1 Å².